The number of aliphatic carboxylic acids is 2. The topological polar surface area (TPSA) is 179 Å². The molecular weight excluding hydrogens is 533 g/mol. The van der Waals surface area contributed by atoms with Crippen LogP contribution in [0.15, 0.2) is 71.9 Å². The molecule has 204 valence electrons. The maximum Gasteiger partial charge on any atom is 0.490 e. The summed E-state index contributed by atoms with van der Waals surface area (Å²) in [5, 5.41) is 18.9. The van der Waals surface area contributed by atoms with Crippen LogP contribution in [0.1, 0.15) is 21.7 Å². The molecule has 0 aliphatic carbocycles. The molecule has 38 heavy (non-hydrogen) atoms. The van der Waals surface area contributed by atoms with Gasteiger partial charge in [-0.1, -0.05) is 30.3 Å². The third kappa shape index (κ3) is 9.67. The van der Waals surface area contributed by atoms with Crippen LogP contribution in [-0.2, 0) is 32.5 Å². The largest absolute Gasteiger partial charge is 0.490 e. The molecule has 2 aromatic carbocycles. The third-order valence-electron chi connectivity index (χ3n) is 4.78. The first-order valence-electron chi connectivity index (χ1n) is 10.8. The Hall–Kier alpha value is -4.24. The molecule has 0 saturated carbocycles. The lowest BCUT2D eigenvalue weighted by Crippen LogP contribution is -2.48. The number of aromatic amines is 1. The Morgan fingerprint density at radius 1 is 0.974 bits per heavy atom. The van der Waals surface area contributed by atoms with Crippen LogP contribution < -0.4 is 10.0 Å². The van der Waals surface area contributed by atoms with Gasteiger partial charge in [-0.25, -0.2) is 18.2 Å². The smallest absolute Gasteiger partial charge is 0.480 e. The number of aromatic nitrogens is 2. The fourth-order valence-corrected chi connectivity index (χ4v) is 4.06. The number of alkyl halides is 3. The quantitative estimate of drug-likeness (QED) is 0.252. The highest BCUT2D eigenvalue weighted by Crippen LogP contribution is 2.13. The molecule has 0 saturated heterocycles. The normalized spacial score (nSPS) is 12.1. The molecule has 3 aromatic rings. The molecule has 11 nitrogen and oxygen atoms in total. The molecular formula is C23H23F3N4O7S. The van der Waals surface area contributed by atoms with E-state index in [9.17, 15) is 36.3 Å². The lowest BCUT2D eigenvalue weighted by Gasteiger charge is -2.15. The zero-order chi connectivity index (χ0) is 28.3. The number of nitrogens with zero attached hydrogens (tertiary/aromatic N) is 1. The summed E-state index contributed by atoms with van der Waals surface area (Å²) >= 11 is 0. The predicted molar refractivity (Wildman–Crippen MR) is 127 cm³/mol. The Morgan fingerprint density at radius 2 is 1.58 bits per heavy atom. The van der Waals surface area contributed by atoms with Gasteiger partial charge in [0.15, 0.2) is 0 Å². The zero-order valence-electron chi connectivity index (χ0n) is 19.5. The monoisotopic (exact) mass is 556 g/mol. The molecule has 1 aromatic heterocycles. The molecule has 1 heterocycles. The first-order chi connectivity index (χ1) is 17.8. The first kappa shape index (κ1) is 30.0. The minimum atomic E-state index is -5.08. The Kier molecular flexibility index (Phi) is 10.5. The third-order valence-corrected chi connectivity index (χ3v) is 6.27. The molecule has 3 rings (SSSR count). The van der Waals surface area contributed by atoms with Gasteiger partial charge in [-0.05, 0) is 36.2 Å². The number of hydrogen-bond donors (Lipinski definition) is 5. The predicted octanol–water partition coefficient (Wildman–Crippen LogP) is 1.99. The number of H-pyrrole nitrogens is 1. The molecule has 0 bridgehead atoms. The zero-order valence-corrected chi connectivity index (χ0v) is 20.3. The fourth-order valence-electron chi connectivity index (χ4n) is 2.85. The van der Waals surface area contributed by atoms with Crippen molar-refractivity contribution in [3.63, 3.8) is 0 Å². The summed E-state index contributed by atoms with van der Waals surface area (Å²) in [6, 6.07) is 12.8. The van der Waals surface area contributed by atoms with E-state index in [1.54, 1.807) is 30.6 Å². The lowest BCUT2D eigenvalue weighted by molar-refractivity contribution is -0.192. The minimum absolute atomic E-state index is 0.0577. The van der Waals surface area contributed by atoms with Gasteiger partial charge < -0.3 is 20.5 Å². The van der Waals surface area contributed by atoms with Crippen molar-refractivity contribution in [2.24, 2.45) is 0 Å². The lowest BCUT2D eigenvalue weighted by atomic mass is 10.1. The number of carboxylic acid groups (broad SMARTS) is 2. The molecule has 1 amide bonds. The second-order valence-electron chi connectivity index (χ2n) is 7.57. The van der Waals surface area contributed by atoms with E-state index in [1.807, 2.05) is 12.1 Å². The van der Waals surface area contributed by atoms with Gasteiger partial charge in [0.1, 0.15) is 11.9 Å². The summed E-state index contributed by atoms with van der Waals surface area (Å²) in [7, 11) is -4.04. The van der Waals surface area contributed by atoms with Gasteiger partial charge >= 0.3 is 18.1 Å². The van der Waals surface area contributed by atoms with Crippen LogP contribution in [0.2, 0.25) is 0 Å². The molecule has 0 aliphatic rings. The van der Waals surface area contributed by atoms with Crippen LogP contribution in [0.25, 0.3) is 0 Å². The number of carboxylic acids is 2. The van der Waals surface area contributed by atoms with Gasteiger partial charge in [0.2, 0.25) is 10.0 Å². The van der Waals surface area contributed by atoms with Crippen LogP contribution in [-0.4, -0.2) is 65.2 Å². The number of rotatable bonds is 10. The van der Waals surface area contributed by atoms with Crippen LogP contribution in [0, 0.1) is 0 Å². The summed E-state index contributed by atoms with van der Waals surface area (Å²) in [5.41, 5.74) is 1.36. The average molecular weight is 557 g/mol. The Balaban J connectivity index is 0.000000638. The molecule has 1 atom stereocenters. The highest BCUT2D eigenvalue weighted by Gasteiger charge is 2.38. The van der Waals surface area contributed by atoms with Gasteiger partial charge in [-0.2, -0.15) is 17.9 Å². The molecule has 0 spiro atoms. The van der Waals surface area contributed by atoms with Crippen molar-refractivity contribution in [3.8, 4) is 0 Å². The molecule has 0 aliphatic heterocycles. The van der Waals surface area contributed by atoms with Gasteiger partial charge in [0.05, 0.1) is 4.90 Å². The number of imidazole rings is 1. The van der Waals surface area contributed by atoms with Crippen molar-refractivity contribution >= 4 is 27.9 Å². The van der Waals surface area contributed by atoms with E-state index in [-0.39, 0.29) is 4.90 Å². The van der Waals surface area contributed by atoms with E-state index in [2.05, 4.69) is 20.0 Å². The molecule has 0 radical (unpaired) electrons. The van der Waals surface area contributed by atoms with E-state index < -0.39 is 46.6 Å². The van der Waals surface area contributed by atoms with E-state index in [1.165, 1.54) is 24.3 Å². The molecule has 5 N–H and O–H groups in total. The van der Waals surface area contributed by atoms with Crippen molar-refractivity contribution in [3.05, 3.63) is 83.9 Å². The summed E-state index contributed by atoms with van der Waals surface area (Å²) in [4.78, 5) is 39.9. The van der Waals surface area contributed by atoms with E-state index in [0.29, 0.717) is 5.56 Å². The summed E-state index contributed by atoms with van der Waals surface area (Å²) in [5.74, 6) is -3.78. The van der Waals surface area contributed by atoms with E-state index in [4.69, 9.17) is 9.90 Å². The number of sulfonamides is 1. The highest BCUT2D eigenvalue weighted by atomic mass is 32.2. The number of amides is 1. The molecule has 15 heteroatoms. The van der Waals surface area contributed by atoms with E-state index in [0.717, 1.165) is 24.2 Å². The summed E-state index contributed by atoms with van der Waals surface area (Å²) < 4.78 is 58.5. The fraction of sp³-hybridized carbons (Fsp3) is 0.217. The number of hydrogen-bond acceptors (Lipinski definition) is 6. The van der Waals surface area contributed by atoms with Crippen molar-refractivity contribution in [1.82, 2.24) is 20.0 Å². The minimum Gasteiger partial charge on any atom is -0.480 e. The summed E-state index contributed by atoms with van der Waals surface area (Å²) in [6.07, 6.45) is -0.154. The van der Waals surface area contributed by atoms with Crippen molar-refractivity contribution in [1.29, 1.82) is 0 Å². The number of nitrogens with one attached hydrogen (secondary N) is 3. The van der Waals surface area contributed by atoms with E-state index >= 15 is 0 Å². The SMILES string of the molecule is O=C(NCC(NS(=O)(=O)c1ccccc1)C(=O)O)c1ccc(CCc2ncc[nH]2)cc1.O=C(O)C(F)(F)F. The van der Waals surface area contributed by atoms with Gasteiger partial charge in [-0.15, -0.1) is 0 Å². The van der Waals surface area contributed by atoms with Crippen LogP contribution >= 0.6 is 0 Å². The number of carbonyl (C=O) groups is 3. The van der Waals surface area contributed by atoms with Crippen molar-refractivity contribution < 1.29 is 46.2 Å². The number of aryl methyl sites for hydroxylation is 2. The molecule has 1 unspecified atom stereocenters. The first-order valence-corrected chi connectivity index (χ1v) is 12.2. The standard InChI is InChI=1S/C21H22N4O5S.C2HF3O2/c26-20(16-9-6-15(7-10-16)8-11-19-22-12-13-23-19)24-14-18(21(27)28)25-31(29,30)17-4-2-1-3-5-17;3-2(4,5)1(6)7/h1-7,9-10,12-13,18,25H,8,11,14H2,(H,22,23)(H,24,26)(H,27,28);(H,6,7). The Bertz CT molecular complexity index is 1320. The van der Waals surface area contributed by atoms with Gasteiger partial charge in [-0.3, -0.25) is 9.59 Å². The van der Waals surface area contributed by atoms with Crippen LogP contribution in [0.3, 0.4) is 0 Å². The Labute approximate surface area is 214 Å². The second kappa shape index (κ2) is 13.3. The Morgan fingerprint density at radius 3 is 2.08 bits per heavy atom. The maximum absolute atomic E-state index is 12.4. The highest BCUT2D eigenvalue weighted by molar-refractivity contribution is 7.89. The summed E-state index contributed by atoms with van der Waals surface area (Å²) in [6.45, 7) is -0.402. The number of carbonyl (C=O) groups excluding carboxylic acids is 1. The molecule has 0 fully saturated rings. The van der Waals surface area contributed by atoms with Crippen LogP contribution in [0.4, 0.5) is 13.2 Å². The van der Waals surface area contributed by atoms with Crippen LogP contribution in [0.5, 0.6) is 0 Å². The second-order valence-corrected chi connectivity index (χ2v) is 9.28. The number of benzene rings is 2. The number of halogens is 3. The van der Waals surface area contributed by atoms with Crippen molar-refractivity contribution in [2.75, 3.05) is 6.54 Å². The maximum atomic E-state index is 12.4. The van der Waals surface area contributed by atoms with Gasteiger partial charge in [0, 0.05) is 30.9 Å². The van der Waals surface area contributed by atoms with Crippen molar-refractivity contribution in [2.45, 2.75) is 30.0 Å². The average Bonchev–Trinajstić information content (AvgIpc) is 3.39. The van der Waals surface area contributed by atoms with Gasteiger partial charge in [0.25, 0.3) is 5.91 Å².